The van der Waals surface area contributed by atoms with Gasteiger partial charge in [0.15, 0.2) is 0 Å². The van der Waals surface area contributed by atoms with Gasteiger partial charge >= 0.3 is 154 Å². The maximum atomic E-state index is 8.55. The van der Waals surface area contributed by atoms with Gasteiger partial charge in [-0.05, 0) is 0 Å². The summed E-state index contributed by atoms with van der Waals surface area (Å²) in [5.74, 6) is 0. The topological polar surface area (TPSA) is 201 Å². The van der Waals surface area contributed by atoms with Gasteiger partial charge in [-0.2, -0.15) is 7.82 Å². The van der Waals surface area contributed by atoms with E-state index in [2.05, 4.69) is 0 Å². The zero-order valence-corrected chi connectivity index (χ0v) is 18.3. The van der Waals surface area contributed by atoms with Crippen LogP contribution < -0.4 is 169 Å². The van der Waals surface area contributed by atoms with E-state index in [1.165, 1.54) is 0 Å². The summed E-state index contributed by atoms with van der Waals surface area (Å²) in [5.41, 5.74) is 0. The zero-order chi connectivity index (χ0) is 6.50. The Kier molecular flexibility index (Phi) is 144. The molecule has 0 bridgehead atoms. The Labute approximate surface area is 204 Å². The number of aliphatic hydroxyl groups excluding tert-OH is 1. The number of aliphatic hydroxyl groups is 1. The van der Waals surface area contributed by atoms with Crippen LogP contribution in [0.4, 0.5) is 0 Å². The third kappa shape index (κ3) is 158. The van der Waals surface area contributed by atoms with Crippen LogP contribution in [0.15, 0.2) is 0 Å². The Balaban J connectivity index is -0.00000000492. The molecule has 0 saturated heterocycles. The first-order valence-corrected chi connectivity index (χ1v) is 2.64. The molecular formula is CH10K3O8P. The normalized spacial score (nSPS) is 5.00. The molecule has 0 saturated carbocycles. The van der Waals surface area contributed by atoms with Crippen LogP contribution in [0.5, 0.6) is 0 Å². The molecule has 0 atom stereocenters. The Morgan fingerprint density at radius 1 is 0.846 bits per heavy atom. The fourth-order valence-corrected chi connectivity index (χ4v) is 0. The minimum Gasteiger partial charge on any atom is -0.822 e. The first-order valence-electron chi connectivity index (χ1n) is 1.18. The number of rotatable bonds is 0. The van der Waals surface area contributed by atoms with E-state index in [-0.39, 0.29) is 171 Å². The largest absolute Gasteiger partial charge is 1.00 e. The summed E-state index contributed by atoms with van der Waals surface area (Å²) < 4.78 is 8.55. The van der Waals surface area contributed by atoms with Crippen LogP contribution in [0.2, 0.25) is 0 Å². The summed E-state index contributed by atoms with van der Waals surface area (Å²) in [6.45, 7) is 0. The molecule has 0 spiro atoms. The summed E-state index contributed by atoms with van der Waals surface area (Å²) in [6, 6.07) is 0. The smallest absolute Gasteiger partial charge is 0.822 e. The van der Waals surface area contributed by atoms with Gasteiger partial charge in [-0.3, -0.25) is 0 Å². The van der Waals surface area contributed by atoms with E-state index in [4.69, 9.17) is 24.4 Å². The molecule has 0 aromatic carbocycles. The maximum absolute atomic E-state index is 8.55. The zero-order valence-electron chi connectivity index (χ0n) is 8.03. The van der Waals surface area contributed by atoms with Crippen molar-refractivity contribution < 1.29 is 195 Å². The monoisotopic (exact) mass is 298 g/mol. The van der Waals surface area contributed by atoms with Crippen LogP contribution in [0.3, 0.4) is 0 Å². The average Bonchev–Trinajstić information content (AvgIpc) is 1.36. The second-order valence-corrected chi connectivity index (χ2v) is 1.34. The van der Waals surface area contributed by atoms with E-state index in [1.807, 2.05) is 0 Å². The van der Waals surface area contributed by atoms with E-state index in [1.54, 1.807) is 0 Å². The Morgan fingerprint density at radius 3 is 0.846 bits per heavy atom. The van der Waals surface area contributed by atoms with Gasteiger partial charge in [-0.25, -0.2) is 0 Å². The van der Waals surface area contributed by atoms with Crippen LogP contribution in [0.25, 0.3) is 0 Å². The van der Waals surface area contributed by atoms with Crippen LogP contribution in [0, 0.1) is 0 Å². The van der Waals surface area contributed by atoms with Crippen molar-refractivity contribution in [1.29, 1.82) is 0 Å². The van der Waals surface area contributed by atoms with E-state index in [0.717, 1.165) is 7.11 Å². The van der Waals surface area contributed by atoms with Crippen LogP contribution in [-0.4, -0.2) is 28.6 Å². The van der Waals surface area contributed by atoms with Gasteiger partial charge in [0.05, 0.1) is 0 Å². The van der Waals surface area contributed by atoms with Gasteiger partial charge in [0.25, 0.3) is 0 Å². The molecule has 0 amide bonds. The van der Waals surface area contributed by atoms with Gasteiger partial charge in [0.1, 0.15) is 0 Å². The Bertz CT molecular complexity index is 65.5. The Morgan fingerprint density at radius 2 is 0.846 bits per heavy atom. The van der Waals surface area contributed by atoms with Crippen LogP contribution in [-0.2, 0) is 4.57 Å². The molecule has 0 fully saturated rings. The number of hydrogen-bond donors (Lipinski definition) is 1. The molecule has 0 unspecified atom stereocenters. The van der Waals surface area contributed by atoms with Gasteiger partial charge in [0, 0.05) is 7.11 Å². The summed E-state index contributed by atoms with van der Waals surface area (Å²) in [4.78, 5) is 25.6. The quantitative estimate of drug-likeness (QED) is 0.341. The first kappa shape index (κ1) is 52.2. The Hall–Kier alpha value is 4.86. The first-order chi connectivity index (χ1) is 3.00. The van der Waals surface area contributed by atoms with Crippen molar-refractivity contribution in [2.24, 2.45) is 0 Å². The fourth-order valence-electron chi connectivity index (χ4n) is 0. The standard InChI is InChI=1S/CH4O.3K.H3O4P.3H2O/c1-2;;;;1-5(2,3)4;;;/h2H,1H3;;;;(H3,1,2,3,4);3*1H2/q;3*+1;;;;/p-3. The van der Waals surface area contributed by atoms with E-state index < -0.39 is 7.82 Å². The van der Waals surface area contributed by atoms with Gasteiger partial charge in [0.2, 0.25) is 0 Å². The summed E-state index contributed by atoms with van der Waals surface area (Å²) in [6.07, 6.45) is 0. The summed E-state index contributed by atoms with van der Waals surface area (Å²) in [5, 5.41) is 7.00. The van der Waals surface area contributed by atoms with Crippen molar-refractivity contribution in [2.45, 2.75) is 0 Å². The van der Waals surface area contributed by atoms with Gasteiger partial charge in [-0.15, -0.1) is 0 Å². The molecule has 7 N–H and O–H groups in total. The van der Waals surface area contributed by atoms with Crippen LogP contribution >= 0.6 is 7.82 Å². The van der Waals surface area contributed by atoms with Gasteiger partial charge in [-0.1, -0.05) is 0 Å². The molecule has 0 aromatic heterocycles. The molecule has 0 aliphatic carbocycles. The predicted octanol–water partition coefficient (Wildman–Crippen LogP) is -14.7. The molecule has 0 radical (unpaired) electrons. The molecule has 12 heteroatoms. The van der Waals surface area contributed by atoms with E-state index in [0.29, 0.717) is 0 Å². The van der Waals surface area contributed by atoms with Crippen molar-refractivity contribution in [1.82, 2.24) is 0 Å². The minimum absolute atomic E-state index is 0. The molecule has 0 rings (SSSR count). The molecule has 0 aliphatic rings. The van der Waals surface area contributed by atoms with Crippen molar-refractivity contribution in [3.05, 3.63) is 0 Å². The molecular weight excluding hydrogens is 288 g/mol. The van der Waals surface area contributed by atoms with Crippen molar-refractivity contribution in [3.8, 4) is 0 Å². The second-order valence-electron chi connectivity index (χ2n) is 0.447. The number of hydrogen-bond acceptors (Lipinski definition) is 5. The predicted molar refractivity (Wildman–Crippen MR) is 26.6 cm³/mol. The van der Waals surface area contributed by atoms with E-state index in [9.17, 15) is 0 Å². The van der Waals surface area contributed by atoms with Crippen molar-refractivity contribution in [2.75, 3.05) is 7.11 Å². The SMILES string of the molecule is CO.O.O.O.O=P([O-])([O-])[O-].[K+].[K+].[K+]. The summed E-state index contributed by atoms with van der Waals surface area (Å²) >= 11 is 0. The average molecular weight is 298 g/mol. The molecule has 0 aromatic rings. The molecule has 0 aliphatic heterocycles. The maximum Gasteiger partial charge on any atom is 1.00 e. The molecule has 0 heterocycles. The molecule has 70 valence electrons. The van der Waals surface area contributed by atoms with Crippen LogP contribution in [0.1, 0.15) is 0 Å². The van der Waals surface area contributed by atoms with E-state index >= 15 is 0 Å². The van der Waals surface area contributed by atoms with Crippen molar-refractivity contribution >= 4 is 7.82 Å². The summed E-state index contributed by atoms with van der Waals surface area (Å²) in [7, 11) is -4.39. The number of phosphoric acid groups is 1. The third-order valence-electron chi connectivity index (χ3n) is 0. The minimum atomic E-state index is -5.39. The molecule has 13 heavy (non-hydrogen) atoms. The second kappa shape index (κ2) is 36.0. The van der Waals surface area contributed by atoms with Gasteiger partial charge < -0.3 is 40.8 Å². The van der Waals surface area contributed by atoms with Crippen molar-refractivity contribution in [3.63, 3.8) is 0 Å². The fraction of sp³-hybridized carbons (Fsp3) is 1.00. The molecule has 8 nitrogen and oxygen atoms in total. The third-order valence-corrected chi connectivity index (χ3v) is 0.